The van der Waals surface area contributed by atoms with Crippen LogP contribution in [-0.2, 0) is 9.53 Å². The Balaban J connectivity index is 3.19. The summed E-state index contributed by atoms with van der Waals surface area (Å²) >= 11 is 4.07. The number of rotatable bonds is 2. The van der Waals surface area contributed by atoms with Crippen LogP contribution in [0.3, 0.4) is 0 Å². The number of methoxy groups -OCH3 is 1. The van der Waals surface area contributed by atoms with Gasteiger partial charge in [-0.2, -0.15) is 0 Å². The summed E-state index contributed by atoms with van der Waals surface area (Å²) in [6.07, 6.45) is 0. The highest BCUT2D eigenvalue weighted by Crippen LogP contribution is 2.30. The molecule has 1 aromatic rings. The Morgan fingerprint density at radius 1 is 1.53 bits per heavy atom. The van der Waals surface area contributed by atoms with Crippen molar-refractivity contribution < 1.29 is 14.6 Å². The van der Waals surface area contributed by atoms with E-state index < -0.39 is 12.0 Å². The van der Waals surface area contributed by atoms with Crippen molar-refractivity contribution >= 4 is 51.2 Å². The van der Waals surface area contributed by atoms with Gasteiger partial charge in [0.25, 0.3) is 0 Å². The number of aromatic hydroxyl groups is 1. The first-order valence-electron chi connectivity index (χ1n) is 3.98. The lowest BCUT2D eigenvalue weighted by atomic mass is 10.1. The lowest BCUT2D eigenvalue weighted by molar-refractivity contribution is -0.142. The highest BCUT2D eigenvalue weighted by atomic mass is 127. The molecule has 0 aliphatic carbocycles. The summed E-state index contributed by atoms with van der Waals surface area (Å²) in [6.45, 7) is 0. The summed E-state index contributed by atoms with van der Waals surface area (Å²) in [6, 6.07) is 2.52. The molecule has 1 atom stereocenters. The van der Waals surface area contributed by atoms with Crippen molar-refractivity contribution in [1.82, 2.24) is 0 Å². The van der Waals surface area contributed by atoms with Crippen LogP contribution in [0.15, 0.2) is 12.1 Å². The molecule has 82 valence electrons. The van der Waals surface area contributed by atoms with Gasteiger partial charge in [0.1, 0.15) is 11.8 Å². The van der Waals surface area contributed by atoms with E-state index >= 15 is 0 Å². The van der Waals surface area contributed by atoms with Gasteiger partial charge in [-0.05, 0) is 57.3 Å². The average Bonchev–Trinajstić information content (AvgIpc) is 2.21. The summed E-state index contributed by atoms with van der Waals surface area (Å²) in [5.74, 6) is -0.531. The highest BCUT2D eigenvalue weighted by molar-refractivity contribution is 14.1. The molecule has 0 spiro atoms. The molecular weight excluding hydrogens is 424 g/mol. The van der Waals surface area contributed by atoms with Crippen LogP contribution in [0.1, 0.15) is 11.6 Å². The van der Waals surface area contributed by atoms with Gasteiger partial charge in [0, 0.05) is 9.13 Å². The quantitative estimate of drug-likeness (QED) is 0.552. The van der Waals surface area contributed by atoms with Gasteiger partial charge in [0.2, 0.25) is 0 Å². The van der Waals surface area contributed by atoms with Crippen LogP contribution >= 0.6 is 45.2 Å². The molecule has 0 saturated heterocycles. The third kappa shape index (κ3) is 2.94. The lowest BCUT2D eigenvalue weighted by Crippen LogP contribution is -2.23. The molecule has 1 rings (SSSR count). The van der Waals surface area contributed by atoms with E-state index in [4.69, 9.17) is 5.73 Å². The molecule has 0 heterocycles. The predicted molar refractivity (Wildman–Crippen MR) is 72.5 cm³/mol. The summed E-state index contributed by atoms with van der Waals surface area (Å²) in [5.41, 5.74) is 6.03. The van der Waals surface area contributed by atoms with Crippen LogP contribution in [0, 0.1) is 7.14 Å². The molecule has 1 aromatic carbocycles. The second kappa shape index (κ2) is 5.30. The van der Waals surface area contributed by atoms with Crippen molar-refractivity contribution in [3.63, 3.8) is 0 Å². The second-order valence-electron chi connectivity index (χ2n) is 2.83. The molecule has 3 N–H and O–H groups in total. The van der Waals surface area contributed by atoms with Crippen molar-refractivity contribution in [2.75, 3.05) is 7.11 Å². The fourth-order valence-electron chi connectivity index (χ4n) is 1.08. The Labute approximate surface area is 114 Å². The maximum absolute atomic E-state index is 11.2. The molecule has 0 fully saturated rings. The first-order valence-corrected chi connectivity index (χ1v) is 6.14. The molecule has 0 aliphatic rings. The molecule has 6 heteroatoms. The maximum atomic E-state index is 11.2. The number of nitrogens with two attached hydrogens (primary N) is 1. The van der Waals surface area contributed by atoms with Crippen LogP contribution < -0.4 is 5.73 Å². The fraction of sp³-hybridized carbons (Fsp3) is 0.222. The van der Waals surface area contributed by atoms with Crippen molar-refractivity contribution in [2.45, 2.75) is 6.04 Å². The molecular formula is C9H9I2NO3. The summed E-state index contributed by atoms with van der Waals surface area (Å²) in [4.78, 5) is 11.2. The van der Waals surface area contributed by atoms with E-state index in [-0.39, 0.29) is 5.75 Å². The summed E-state index contributed by atoms with van der Waals surface area (Å²) < 4.78 is 6.09. The normalized spacial score (nSPS) is 12.3. The van der Waals surface area contributed by atoms with E-state index in [0.717, 1.165) is 3.57 Å². The molecule has 0 saturated carbocycles. The Morgan fingerprint density at radius 3 is 2.67 bits per heavy atom. The van der Waals surface area contributed by atoms with Gasteiger partial charge in [-0.25, -0.2) is 0 Å². The number of benzene rings is 1. The number of halogens is 2. The molecule has 0 aromatic heterocycles. The largest absolute Gasteiger partial charge is 0.506 e. The van der Waals surface area contributed by atoms with Crippen LogP contribution in [0.4, 0.5) is 0 Å². The van der Waals surface area contributed by atoms with Crippen LogP contribution in [0.5, 0.6) is 5.75 Å². The number of esters is 1. The predicted octanol–water partition coefficient (Wildman–Crippen LogP) is 1.77. The minimum absolute atomic E-state index is 0.0360. The van der Waals surface area contributed by atoms with Crippen molar-refractivity contribution in [3.05, 3.63) is 24.8 Å². The van der Waals surface area contributed by atoms with Crippen molar-refractivity contribution in [1.29, 1.82) is 0 Å². The summed E-state index contributed by atoms with van der Waals surface area (Å²) in [5, 5.41) is 9.74. The SMILES string of the molecule is COC(=O)[C@H](N)c1cc(I)cc(I)c1O. The zero-order chi connectivity index (χ0) is 11.6. The fourth-order valence-corrected chi connectivity index (χ4v) is 2.97. The maximum Gasteiger partial charge on any atom is 0.327 e. The van der Waals surface area contributed by atoms with E-state index in [9.17, 15) is 9.90 Å². The molecule has 15 heavy (non-hydrogen) atoms. The van der Waals surface area contributed by atoms with E-state index in [2.05, 4.69) is 27.3 Å². The number of carbonyl (C=O) groups is 1. The van der Waals surface area contributed by atoms with Crippen LogP contribution in [-0.4, -0.2) is 18.2 Å². The molecule has 0 bridgehead atoms. The van der Waals surface area contributed by atoms with Gasteiger partial charge in [-0.1, -0.05) is 0 Å². The number of hydrogen-bond acceptors (Lipinski definition) is 4. The standard InChI is InChI=1S/C9H9I2NO3/c1-15-9(14)7(12)5-2-4(10)3-6(11)8(5)13/h2-3,7,13H,12H2,1H3/t7-/m1/s1. The van der Waals surface area contributed by atoms with E-state index in [1.165, 1.54) is 7.11 Å². The first kappa shape index (κ1) is 13.0. The van der Waals surface area contributed by atoms with E-state index in [1.54, 1.807) is 12.1 Å². The van der Waals surface area contributed by atoms with Crippen LogP contribution in [0.2, 0.25) is 0 Å². The van der Waals surface area contributed by atoms with Crippen molar-refractivity contribution in [2.24, 2.45) is 5.73 Å². The monoisotopic (exact) mass is 433 g/mol. The summed E-state index contributed by atoms with van der Waals surface area (Å²) in [7, 11) is 1.26. The Bertz CT molecular complexity index is 395. The zero-order valence-electron chi connectivity index (χ0n) is 7.83. The smallest absolute Gasteiger partial charge is 0.327 e. The van der Waals surface area contributed by atoms with Gasteiger partial charge in [0.15, 0.2) is 0 Å². The minimum atomic E-state index is -0.946. The minimum Gasteiger partial charge on any atom is -0.506 e. The molecule has 0 radical (unpaired) electrons. The number of ether oxygens (including phenoxy) is 1. The van der Waals surface area contributed by atoms with Gasteiger partial charge in [-0.15, -0.1) is 0 Å². The second-order valence-corrected chi connectivity index (χ2v) is 5.23. The van der Waals surface area contributed by atoms with Gasteiger partial charge in [-0.3, -0.25) is 4.79 Å². The van der Waals surface area contributed by atoms with Crippen molar-refractivity contribution in [3.8, 4) is 5.75 Å². The molecule has 0 unspecified atom stereocenters. The highest BCUT2D eigenvalue weighted by Gasteiger charge is 2.21. The first-order chi connectivity index (χ1) is 6.97. The lowest BCUT2D eigenvalue weighted by Gasteiger charge is -2.12. The number of hydrogen-bond donors (Lipinski definition) is 2. The van der Waals surface area contributed by atoms with E-state index in [1.807, 2.05) is 22.6 Å². The average molecular weight is 433 g/mol. The Kier molecular flexibility index (Phi) is 4.59. The van der Waals surface area contributed by atoms with E-state index in [0.29, 0.717) is 9.13 Å². The van der Waals surface area contributed by atoms with Gasteiger partial charge in [0.05, 0.1) is 10.7 Å². The zero-order valence-corrected chi connectivity index (χ0v) is 12.1. The Morgan fingerprint density at radius 2 is 2.13 bits per heavy atom. The molecule has 0 aliphatic heterocycles. The van der Waals surface area contributed by atoms with Gasteiger partial charge < -0.3 is 15.6 Å². The van der Waals surface area contributed by atoms with Crippen LogP contribution in [0.25, 0.3) is 0 Å². The number of carbonyl (C=O) groups excluding carboxylic acids is 1. The molecule has 4 nitrogen and oxygen atoms in total. The third-order valence-electron chi connectivity index (χ3n) is 1.85. The molecule has 0 amide bonds. The Hall–Kier alpha value is -0.0900. The van der Waals surface area contributed by atoms with Gasteiger partial charge >= 0.3 is 5.97 Å². The third-order valence-corrected chi connectivity index (χ3v) is 3.29. The number of phenolic OH excluding ortho intramolecular Hbond substituents is 1. The number of phenols is 1. The topological polar surface area (TPSA) is 72.5 Å².